The van der Waals surface area contributed by atoms with Gasteiger partial charge >= 0.3 is 0 Å². The van der Waals surface area contributed by atoms with Crippen LogP contribution < -0.4 is 10.6 Å². The lowest BCUT2D eigenvalue weighted by molar-refractivity contribution is -0.128. The molecule has 0 saturated heterocycles. The van der Waals surface area contributed by atoms with Crippen LogP contribution in [0.3, 0.4) is 0 Å². The highest BCUT2D eigenvalue weighted by atomic mass is 127. The summed E-state index contributed by atoms with van der Waals surface area (Å²) in [4.78, 5) is 22.2. The minimum Gasteiger partial charge on any atom is -0.444 e. The first-order valence-corrected chi connectivity index (χ1v) is 8.73. The zero-order valence-electron chi connectivity index (χ0n) is 16.3. The van der Waals surface area contributed by atoms with Crippen LogP contribution in [0.2, 0.25) is 0 Å². The molecule has 8 heteroatoms. The molecule has 1 heterocycles. The number of hydrogen-bond donors (Lipinski definition) is 2. The van der Waals surface area contributed by atoms with Gasteiger partial charge in [0.2, 0.25) is 11.8 Å². The molecule has 2 N–H and O–H groups in total. The second-order valence-electron chi connectivity index (χ2n) is 6.17. The second kappa shape index (κ2) is 11.6. The van der Waals surface area contributed by atoms with Gasteiger partial charge in [-0.1, -0.05) is 17.7 Å². The van der Waals surface area contributed by atoms with Crippen molar-refractivity contribution in [1.29, 1.82) is 0 Å². The molecule has 7 nitrogen and oxygen atoms in total. The van der Waals surface area contributed by atoms with Gasteiger partial charge in [0.25, 0.3) is 0 Å². The standard InChI is InChI=1S/C19H27N5O2.HI/c1-5-20-19(21-11-10-17(25)24(3)4)22-12-16-13-26-18(23-16)15-8-6-14(2)7-9-15;/h6-9,13H,5,10-12H2,1-4H3,(H2,20,21,22);1H. The quantitative estimate of drug-likeness (QED) is 0.358. The van der Waals surface area contributed by atoms with Crippen molar-refractivity contribution in [2.24, 2.45) is 4.99 Å². The number of nitrogens with zero attached hydrogens (tertiary/aromatic N) is 3. The van der Waals surface area contributed by atoms with Gasteiger partial charge in [0.1, 0.15) is 12.0 Å². The molecule has 2 aromatic rings. The molecular weight excluding hydrogens is 457 g/mol. The average Bonchev–Trinajstić information content (AvgIpc) is 3.09. The van der Waals surface area contributed by atoms with E-state index in [1.165, 1.54) is 5.56 Å². The Labute approximate surface area is 177 Å². The van der Waals surface area contributed by atoms with E-state index < -0.39 is 0 Å². The van der Waals surface area contributed by atoms with Crippen molar-refractivity contribution >= 4 is 35.8 Å². The first-order chi connectivity index (χ1) is 12.5. The lowest BCUT2D eigenvalue weighted by Gasteiger charge is -2.13. The van der Waals surface area contributed by atoms with Crippen LogP contribution in [-0.2, 0) is 11.3 Å². The van der Waals surface area contributed by atoms with Crippen LogP contribution in [0.5, 0.6) is 0 Å². The zero-order chi connectivity index (χ0) is 18.9. The summed E-state index contributed by atoms with van der Waals surface area (Å²) >= 11 is 0. The van der Waals surface area contributed by atoms with Crippen molar-refractivity contribution < 1.29 is 9.21 Å². The van der Waals surface area contributed by atoms with Crippen LogP contribution in [0.4, 0.5) is 0 Å². The van der Waals surface area contributed by atoms with E-state index in [1.807, 2.05) is 38.1 Å². The summed E-state index contributed by atoms with van der Waals surface area (Å²) in [7, 11) is 3.50. The summed E-state index contributed by atoms with van der Waals surface area (Å²) in [6, 6.07) is 8.03. The lowest BCUT2D eigenvalue weighted by atomic mass is 10.1. The van der Waals surface area contributed by atoms with E-state index >= 15 is 0 Å². The Kier molecular flexibility index (Phi) is 9.84. The SMILES string of the molecule is CCNC(=NCc1coc(-c2ccc(C)cc2)n1)NCCC(=O)N(C)C.I. The molecule has 27 heavy (non-hydrogen) atoms. The summed E-state index contributed by atoms with van der Waals surface area (Å²) in [6.07, 6.45) is 2.04. The van der Waals surface area contributed by atoms with Crippen LogP contribution in [0.25, 0.3) is 11.5 Å². The number of carbonyl (C=O) groups excluding carboxylic acids is 1. The van der Waals surface area contributed by atoms with Crippen LogP contribution >= 0.6 is 24.0 Å². The van der Waals surface area contributed by atoms with Crippen LogP contribution in [-0.4, -0.2) is 48.9 Å². The third-order valence-corrected chi connectivity index (χ3v) is 3.72. The summed E-state index contributed by atoms with van der Waals surface area (Å²) in [5, 5.41) is 6.31. The summed E-state index contributed by atoms with van der Waals surface area (Å²) < 4.78 is 5.55. The van der Waals surface area contributed by atoms with E-state index in [4.69, 9.17) is 4.42 Å². The van der Waals surface area contributed by atoms with Gasteiger partial charge in [0.05, 0.1) is 6.54 Å². The first kappa shape index (κ1) is 22.9. The molecule has 0 aliphatic rings. The van der Waals surface area contributed by atoms with Gasteiger partial charge in [0, 0.05) is 39.2 Å². The van der Waals surface area contributed by atoms with E-state index in [0.29, 0.717) is 31.4 Å². The Hall–Kier alpha value is -2.10. The number of aromatic nitrogens is 1. The van der Waals surface area contributed by atoms with Gasteiger partial charge in [-0.15, -0.1) is 24.0 Å². The third kappa shape index (κ3) is 7.58. The van der Waals surface area contributed by atoms with Crippen LogP contribution in [0.1, 0.15) is 24.6 Å². The van der Waals surface area contributed by atoms with E-state index in [9.17, 15) is 4.79 Å². The molecule has 0 aliphatic carbocycles. The number of aliphatic imine (C=N–C) groups is 1. The first-order valence-electron chi connectivity index (χ1n) is 8.73. The second-order valence-corrected chi connectivity index (χ2v) is 6.17. The molecule has 0 radical (unpaired) electrons. The minimum atomic E-state index is 0. The fourth-order valence-corrected chi connectivity index (χ4v) is 2.22. The number of benzene rings is 1. The summed E-state index contributed by atoms with van der Waals surface area (Å²) in [6.45, 7) is 5.69. The topological polar surface area (TPSA) is 82.8 Å². The number of halogens is 1. The number of carbonyl (C=O) groups is 1. The van der Waals surface area contributed by atoms with Crippen molar-refractivity contribution in [3.8, 4) is 11.5 Å². The zero-order valence-corrected chi connectivity index (χ0v) is 18.6. The highest BCUT2D eigenvalue weighted by Crippen LogP contribution is 2.19. The average molecular weight is 485 g/mol. The highest BCUT2D eigenvalue weighted by molar-refractivity contribution is 14.0. The maximum Gasteiger partial charge on any atom is 0.226 e. The summed E-state index contributed by atoms with van der Waals surface area (Å²) in [5.41, 5.74) is 2.89. The van der Waals surface area contributed by atoms with Crippen molar-refractivity contribution in [1.82, 2.24) is 20.5 Å². The smallest absolute Gasteiger partial charge is 0.226 e. The van der Waals surface area contributed by atoms with Crippen molar-refractivity contribution in [3.05, 3.63) is 41.8 Å². The van der Waals surface area contributed by atoms with Crippen LogP contribution in [0.15, 0.2) is 39.9 Å². The molecular formula is C19H28IN5O2. The van der Waals surface area contributed by atoms with Gasteiger partial charge in [0.15, 0.2) is 5.96 Å². The number of hydrogen-bond acceptors (Lipinski definition) is 4. The third-order valence-electron chi connectivity index (χ3n) is 3.72. The molecule has 0 fully saturated rings. The number of guanidine groups is 1. The highest BCUT2D eigenvalue weighted by Gasteiger charge is 2.07. The van der Waals surface area contributed by atoms with Gasteiger partial charge in [-0.2, -0.15) is 0 Å². The normalized spacial score (nSPS) is 10.9. The lowest BCUT2D eigenvalue weighted by Crippen LogP contribution is -2.39. The van der Waals surface area contributed by atoms with E-state index in [0.717, 1.165) is 17.8 Å². The molecule has 1 amide bonds. The minimum absolute atomic E-state index is 0. The number of aryl methyl sites for hydroxylation is 1. The fourth-order valence-electron chi connectivity index (χ4n) is 2.22. The van der Waals surface area contributed by atoms with Gasteiger partial charge in [-0.3, -0.25) is 4.79 Å². The Balaban J connectivity index is 0.00000364. The summed E-state index contributed by atoms with van der Waals surface area (Å²) in [5.74, 6) is 1.32. The predicted molar refractivity (Wildman–Crippen MR) is 118 cm³/mol. The van der Waals surface area contributed by atoms with Crippen LogP contribution in [0, 0.1) is 6.92 Å². The molecule has 2 rings (SSSR count). The number of amides is 1. The monoisotopic (exact) mass is 485 g/mol. The molecule has 1 aromatic heterocycles. The Morgan fingerprint density at radius 1 is 1.22 bits per heavy atom. The number of nitrogens with one attached hydrogen (secondary N) is 2. The fraction of sp³-hybridized carbons (Fsp3) is 0.421. The largest absolute Gasteiger partial charge is 0.444 e. The molecule has 0 spiro atoms. The van der Waals surface area contributed by atoms with Gasteiger partial charge in [-0.05, 0) is 26.0 Å². The maximum absolute atomic E-state index is 11.6. The molecule has 148 valence electrons. The molecule has 0 saturated carbocycles. The van der Waals surface area contributed by atoms with E-state index in [-0.39, 0.29) is 29.9 Å². The molecule has 0 atom stereocenters. The molecule has 0 aliphatic heterocycles. The number of oxazole rings is 1. The molecule has 0 unspecified atom stereocenters. The van der Waals surface area contributed by atoms with Gasteiger partial charge < -0.3 is 20.0 Å². The van der Waals surface area contributed by atoms with E-state index in [1.54, 1.807) is 25.3 Å². The van der Waals surface area contributed by atoms with Gasteiger partial charge in [-0.25, -0.2) is 9.98 Å². The molecule has 0 bridgehead atoms. The Morgan fingerprint density at radius 2 is 1.93 bits per heavy atom. The van der Waals surface area contributed by atoms with Crippen molar-refractivity contribution in [2.45, 2.75) is 26.8 Å². The predicted octanol–water partition coefficient (Wildman–Crippen LogP) is 2.80. The molecule has 1 aromatic carbocycles. The number of rotatable bonds is 7. The van der Waals surface area contributed by atoms with Crippen molar-refractivity contribution in [2.75, 3.05) is 27.2 Å². The van der Waals surface area contributed by atoms with E-state index in [2.05, 4.69) is 20.6 Å². The Morgan fingerprint density at radius 3 is 2.56 bits per heavy atom. The van der Waals surface area contributed by atoms with Crippen molar-refractivity contribution in [3.63, 3.8) is 0 Å². The maximum atomic E-state index is 11.6. The Bertz CT molecular complexity index is 741.